The van der Waals surface area contributed by atoms with Gasteiger partial charge in [-0.2, -0.15) is 4.31 Å². The summed E-state index contributed by atoms with van der Waals surface area (Å²) in [5, 5.41) is 0. The summed E-state index contributed by atoms with van der Waals surface area (Å²) in [5.41, 5.74) is 1.94. The number of methoxy groups -OCH3 is 3. The molecule has 0 saturated carbocycles. The maximum absolute atomic E-state index is 13.7. The number of thiophene rings is 1. The van der Waals surface area contributed by atoms with E-state index in [-0.39, 0.29) is 23.9 Å². The van der Waals surface area contributed by atoms with Gasteiger partial charge in [0, 0.05) is 36.6 Å². The molecule has 0 bridgehead atoms. The molecule has 8 nitrogen and oxygen atoms in total. The third kappa shape index (κ3) is 8.53. The molecule has 3 rings (SSSR count). The summed E-state index contributed by atoms with van der Waals surface area (Å²) in [7, 11) is 0.869. The molecular formula is C29H38N2O6S2. The van der Waals surface area contributed by atoms with Crippen molar-refractivity contribution in [3.63, 3.8) is 0 Å². The molecular weight excluding hydrogens is 536 g/mol. The van der Waals surface area contributed by atoms with Crippen LogP contribution in [0.2, 0.25) is 0 Å². The van der Waals surface area contributed by atoms with Gasteiger partial charge in [0.15, 0.2) is 11.5 Å². The molecule has 0 aliphatic carbocycles. The van der Waals surface area contributed by atoms with Crippen LogP contribution in [0, 0.1) is 13.8 Å². The van der Waals surface area contributed by atoms with Gasteiger partial charge >= 0.3 is 0 Å². The summed E-state index contributed by atoms with van der Waals surface area (Å²) < 4.78 is 44.3. The second-order valence-electron chi connectivity index (χ2n) is 9.26. The van der Waals surface area contributed by atoms with Crippen molar-refractivity contribution in [3.05, 3.63) is 75.5 Å². The molecule has 0 saturated heterocycles. The Morgan fingerprint density at radius 1 is 0.897 bits per heavy atom. The van der Waals surface area contributed by atoms with Crippen LogP contribution in [0.1, 0.15) is 27.3 Å². The monoisotopic (exact) mass is 574 g/mol. The maximum atomic E-state index is 13.7. The van der Waals surface area contributed by atoms with Crippen molar-refractivity contribution in [2.24, 2.45) is 0 Å². The lowest BCUT2D eigenvalue weighted by atomic mass is 10.1. The number of hydrogen-bond donors (Lipinski definition) is 0. The molecule has 0 unspecified atom stereocenters. The van der Waals surface area contributed by atoms with Gasteiger partial charge < -0.3 is 19.1 Å². The standard InChI is InChI=1S/C29H38N2O6S2/c1-22-7-12-26(13-8-22)39(33,34)31(16-6-18-35-3)21-29(32)30(20-25-11-9-23(2)38-25)17-15-24-10-14-27(36-4)28(19-24)37-5/h7-14,19H,6,15-18,20-21H2,1-5H3. The third-order valence-electron chi connectivity index (χ3n) is 6.34. The fourth-order valence-corrected chi connectivity index (χ4v) is 6.46. The SMILES string of the molecule is COCCCN(CC(=O)N(CCc1ccc(OC)c(OC)c1)Cc1ccc(C)s1)S(=O)(=O)c1ccc(C)cc1. The van der Waals surface area contributed by atoms with Crippen LogP contribution >= 0.6 is 11.3 Å². The fraction of sp³-hybridized carbons (Fsp3) is 0.414. The van der Waals surface area contributed by atoms with Crippen LogP contribution in [0.25, 0.3) is 0 Å². The van der Waals surface area contributed by atoms with Gasteiger partial charge in [-0.05, 0) is 68.7 Å². The third-order valence-corrected chi connectivity index (χ3v) is 9.18. The van der Waals surface area contributed by atoms with Crippen LogP contribution in [0.5, 0.6) is 11.5 Å². The topological polar surface area (TPSA) is 85.4 Å². The minimum Gasteiger partial charge on any atom is -0.493 e. The predicted octanol–water partition coefficient (Wildman–Crippen LogP) is 4.68. The van der Waals surface area contributed by atoms with Gasteiger partial charge in [0.2, 0.25) is 15.9 Å². The summed E-state index contributed by atoms with van der Waals surface area (Å²) in [6.07, 6.45) is 1.05. The van der Waals surface area contributed by atoms with Crippen LogP contribution in [0.15, 0.2) is 59.5 Å². The minimum atomic E-state index is -3.88. The molecule has 2 aromatic carbocycles. The van der Waals surface area contributed by atoms with Gasteiger partial charge in [0.1, 0.15) is 0 Å². The first-order valence-corrected chi connectivity index (χ1v) is 15.0. The van der Waals surface area contributed by atoms with Gasteiger partial charge in [-0.3, -0.25) is 4.79 Å². The number of ether oxygens (including phenoxy) is 3. The summed E-state index contributed by atoms with van der Waals surface area (Å²) in [4.78, 5) is 17.8. The van der Waals surface area contributed by atoms with E-state index in [4.69, 9.17) is 14.2 Å². The molecule has 0 spiro atoms. The molecule has 1 aromatic heterocycles. The van der Waals surface area contributed by atoms with E-state index >= 15 is 0 Å². The number of rotatable bonds is 15. The second kappa shape index (κ2) is 14.5. The fourth-order valence-electron chi connectivity index (χ4n) is 4.13. The van der Waals surface area contributed by atoms with Gasteiger partial charge in [0.25, 0.3) is 0 Å². The minimum absolute atomic E-state index is 0.170. The van der Waals surface area contributed by atoms with E-state index in [1.54, 1.807) is 61.8 Å². The highest BCUT2D eigenvalue weighted by atomic mass is 32.2. The Kier molecular flexibility index (Phi) is 11.4. The molecule has 3 aromatic rings. The highest BCUT2D eigenvalue weighted by molar-refractivity contribution is 7.89. The highest BCUT2D eigenvalue weighted by Gasteiger charge is 2.28. The van der Waals surface area contributed by atoms with E-state index < -0.39 is 10.0 Å². The number of hydrogen-bond acceptors (Lipinski definition) is 7. The Bertz CT molecular complexity index is 1320. The first-order chi connectivity index (χ1) is 18.7. The first kappa shape index (κ1) is 30.6. The Morgan fingerprint density at radius 2 is 1.62 bits per heavy atom. The summed E-state index contributed by atoms with van der Waals surface area (Å²) in [5.74, 6) is 1.00. The van der Waals surface area contributed by atoms with Crippen molar-refractivity contribution in [2.45, 2.75) is 38.1 Å². The van der Waals surface area contributed by atoms with Crippen molar-refractivity contribution in [2.75, 3.05) is 47.6 Å². The molecule has 0 N–H and O–H groups in total. The van der Waals surface area contributed by atoms with E-state index in [1.807, 2.05) is 44.2 Å². The number of carbonyl (C=O) groups is 1. The van der Waals surface area contributed by atoms with E-state index in [1.165, 1.54) is 4.31 Å². The molecule has 0 fully saturated rings. The Morgan fingerprint density at radius 3 is 2.23 bits per heavy atom. The molecule has 10 heteroatoms. The average Bonchev–Trinajstić information content (AvgIpc) is 3.34. The van der Waals surface area contributed by atoms with Crippen molar-refractivity contribution < 1.29 is 27.4 Å². The summed E-state index contributed by atoms with van der Waals surface area (Å²) in [6.45, 7) is 5.07. The summed E-state index contributed by atoms with van der Waals surface area (Å²) >= 11 is 1.63. The van der Waals surface area contributed by atoms with E-state index in [0.29, 0.717) is 44.0 Å². The van der Waals surface area contributed by atoms with Crippen molar-refractivity contribution >= 4 is 27.3 Å². The number of sulfonamides is 1. The molecule has 0 aliphatic heterocycles. The van der Waals surface area contributed by atoms with E-state index in [0.717, 1.165) is 20.9 Å². The van der Waals surface area contributed by atoms with Crippen LogP contribution in [0.4, 0.5) is 0 Å². The Hall–Kier alpha value is -2.92. The zero-order valence-corrected chi connectivity index (χ0v) is 24.9. The second-order valence-corrected chi connectivity index (χ2v) is 12.6. The van der Waals surface area contributed by atoms with Crippen LogP contribution in [-0.4, -0.2) is 71.1 Å². The van der Waals surface area contributed by atoms with Gasteiger partial charge in [0.05, 0.1) is 32.2 Å². The number of benzene rings is 2. The molecule has 0 radical (unpaired) electrons. The molecule has 39 heavy (non-hydrogen) atoms. The quantitative estimate of drug-likeness (QED) is 0.245. The van der Waals surface area contributed by atoms with Gasteiger partial charge in [-0.25, -0.2) is 8.42 Å². The molecule has 1 heterocycles. The van der Waals surface area contributed by atoms with Gasteiger partial charge in [-0.1, -0.05) is 23.8 Å². The van der Waals surface area contributed by atoms with Crippen LogP contribution < -0.4 is 9.47 Å². The lowest BCUT2D eigenvalue weighted by molar-refractivity contribution is -0.132. The zero-order chi connectivity index (χ0) is 28.4. The number of amides is 1. The summed E-state index contributed by atoms with van der Waals surface area (Å²) in [6, 6.07) is 16.4. The van der Waals surface area contributed by atoms with Crippen LogP contribution in [-0.2, 0) is 32.5 Å². The van der Waals surface area contributed by atoms with E-state index in [2.05, 4.69) is 0 Å². The maximum Gasteiger partial charge on any atom is 0.243 e. The van der Waals surface area contributed by atoms with Gasteiger partial charge in [-0.15, -0.1) is 11.3 Å². The lowest BCUT2D eigenvalue weighted by Gasteiger charge is -2.27. The molecule has 0 aliphatic rings. The smallest absolute Gasteiger partial charge is 0.243 e. The Labute approximate surface area is 236 Å². The predicted molar refractivity (Wildman–Crippen MR) is 154 cm³/mol. The molecule has 1 amide bonds. The van der Waals surface area contributed by atoms with Crippen molar-refractivity contribution in [3.8, 4) is 11.5 Å². The zero-order valence-electron chi connectivity index (χ0n) is 23.3. The number of nitrogens with zero attached hydrogens (tertiary/aromatic N) is 2. The normalized spacial score (nSPS) is 11.5. The largest absolute Gasteiger partial charge is 0.493 e. The number of aryl methyl sites for hydroxylation is 2. The van der Waals surface area contributed by atoms with Crippen molar-refractivity contribution in [1.82, 2.24) is 9.21 Å². The first-order valence-electron chi connectivity index (χ1n) is 12.8. The highest BCUT2D eigenvalue weighted by Crippen LogP contribution is 2.28. The average molecular weight is 575 g/mol. The van der Waals surface area contributed by atoms with Crippen LogP contribution in [0.3, 0.4) is 0 Å². The van der Waals surface area contributed by atoms with Crippen molar-refractivity contribution in [1.29, 1.82) is 0 Å². The lowest BCUT2D eigenvalue weighted by Crippen LogP contribution is -2.43. The molecule has 212 valence electrons. The Balaban J connectivity index is 1.84. The van der Waals surface area contributed by atoms with E-state index in [9.17, 15) is 13.2 Å². The number of carbonyl (C=O) groups excluding carboxylic acids is 1. The molecule has 0 atom stereocenters.